The maximum atomic E-state index is 5.59. The lowest BCUT2D eigenvalue weighted by Crippen LogP contribution is -2.03. The number of aromatic nitrogens is 5. The second-order valence-corrected chi connectivity index (χ2v) is 8.14. The predicted octanol–water partition coefficient (Wildman–Crippen LogP) is 4.54. The van der Waals surface area contributed by atoms with Gasteiger partial charge in [-0.25, -0.2) is 9.67 Å². The van der Waals surface area contributed by atoms with Crippen molar-refractivity contribution in [2.45, 2.75) is 24.4 Å². The first-order valence-corrected chi connectivity index (χ1v) is 11.3. The molecule has 30 heavy (non-hydrogen) atoms. The number of tetrazole rings is 1. The molecule has 0 aliphatic heterocycles. The maximum Gasteiger partial charge on any atom is 0.210 e. The number of methoxy groups -OCH3 is 1. The van der Waals surface area contributed by atoms with Crippen molar-refractivity contribution in [2.24, 2.45) is 0 Å². The van der Waals surface area contributed by atoms with E-state index in [0.29, 0.717) is 24.7 Å². The van der Waals surface area contributed by atoms with Gasteiger partial charge in [0.15, 0.2) is 11.5 Å². The molecule has 2 aromatic carbocycles. The second kappa shape index (κ2) is 9.73. The summed E-state index contributed by atoms with van der Waals surface area (Å²) in [6.45, 7) is 3.19. The average Bonchev–Trinajstić information content (AvgIpc) is 3.43. The van der Waals surface area contributed by atoms with Crippen LogP contribution in [-0.4, -0.2) is 38.9 Å². The molecular formula is C21H21N5O2S2. The van der Waals surface area contributed by atoms with Crippen molar-refractivity contribution in [3.63, 3.8) is 0 Å². The molecule has 154 valence electrons. The number of hydrogen-bond acceptors (Lipinski definition) is 8. The van der Waals surface area contributed by atoms with Crippen LogP contribution in [-0.2, 0) is 12.3 Å². The fourth-order valence-electron chi connectivity index (χ4n) is 2.88. The quantitative estimate of drug-likeness (QED) is 0.354. The number of ether oxygens (including phenoxy) is 2. The minimum atomic E-state index is 0.595. The zero-order chi connectivity index (χ0) is 20.8. The highest BCUT2D eigenvalue weighted by molar-refractivity contribution is 7.98. The van der Waals surface area contributed by atoms with Gasteiger partial charge in [-0.3, -0.25) is 0 Å². The lowest BCUT2D eigenvalue weighted by Gasteiger charge is -2.09. The van der Waals surface area contributed by atoms with Crippen LogP contribution < -0.4 is 9.47 Å². The predicted molar refractivity (Wildman–Crippen MR) is 118 cm³/mol. The first kappa shape index (κ1) is 20.4. The van der Waals surface area contributed by atoms with Crippen LogP contribution in [0.2, 0.25) is 0 Å². The van der Waals surface area contributed by atoms with E-state index in [9.17, 15) is 0 Å². The zero-order valence-electron chi connectivity index (χ0n) is 16.7. The van der Waals surface area contributed by atoms with E-state index in [1.54, 1.807) is 30.2 Å². The molecular weight excluding hydrogens is 418 g/mol. The van der Waals surface area contributed by atoms with Gasteiger partial charge in [0.05, 0.1) is 26.0 Å². The number of nitrogens with zero attached hydrogens (tertiary/aromatic N) is 5. The van der Waals surface area contributed by atoms with Crippen LogP contribution in [0.25, 0.3) is 10.6 Å². The van der Waals surface area contributed by atoms with E-state index >= 15 is 0 Å². The Balaban J connectivity index is 1.43. The van der Waals surface area contributed by atoms with E-state index in [1.165, 1.54) is 0 Å². The number of thiazole rings is 1. The van der Waals surface area contributed by atoms with E-state index in [0.717, 1.165) is 32.7 Å². The Hall–Kier alpha value is -2.91. The molecule has 0 saturated carbocycles. The van der Waals surface area contributed by atoms with Gasteiger partial charge in [-0.2, -0.15) is 0 Å². The van der Waals surface area contributed by atoms with Gasteiger partial charge in [-0.15, -0.1) is 16.4 Å². The maximum absolute atomic E-state index is 5.59. The van der Waals surface area contributed by atoms with E-state index in [2.05, 4.69) is 33.0 Å². The Morgan fingerprint density at radius 1 is 1.10 bits per heavy atom. The molecule has 0 aliphatic carbocycles. The van der Waals surface area contributed by atoms with Gasteiger partial charge in [-0.1, -0.05) is 42.1 Å². The van der Waals surface area contributed by atoms with E-state index < -0.39 is 0 Å². The van der Waals surface area contributed by atoms with Crippen LogP contribution in [0.1, 0.15) is 18.2 Å². The fourth-order valence-corrected chi connectivity index (χ4v) is 4.57. The normalized spacial score (nSPS) is 10.9. The molecule has 4 aromatic rings. The Morgan fingerprint density at radius 3 is 2.77 bits per heavy atom. The van der Waals surface area contributed by atoms with E-state index in [4.69, 9.17) is 14.5 Å². The summed E-state index contributed by atoms with van der Waals surface area (Å²) in [5.74, 6) is 2.14. The number of rotatable bonds is 9. The van der Waals surface area contributed by atoms with Crippen molar-refractivity contribution >= 4 is 23.1 Å². The van der Waals surface area contributed by atoms with Gasteiger partial charge in [-0.05, 0) is 41.1 Å². The molecule has 0 N–H and O–H groups in total. The number of hydrogen-bond donors (Lipinski definition) is 0. The topological polar surface area (TPSA) is 75.0 Å². The molecule has 0 atom stereocenters. The lowest BCUT2D eigenvalue weighted by atomic mass is 10.2. The molecule has 0 aliphatic rings. The molecule has 2 aromatic heterocycles. The second-order valence-electron chi connectivity index (χ2n) is 6.34. The minimum absolute atomic E-state index is 0.595. The average molecular weight is 440 g/mol. The molecule has 0 fully saturated rings. The third kappa shape index (κ3) is 4.80. The van der Waals surface area contributed by atoms with E-state index in [1.807, 2.05) is 48.0 Å². The van der Waals surface area contributed by atoms with Crippen molar-refractivity contribution in [2.75, 3.05) is 13.7 Å². The minimum Gasteiger partial charge on any atom is -0.493 e. The molecule has 0 radical (unpaired) electrons. The number of thioether (sulfide) groups is 1. The molecule has 0 spiro atoms. The SMILES string of the molecule is CCOc1ccc(-c2nc(CSc3nnnn3Cc3ccccc3)cs2)cc1OC. The molecule has 4 rings (SSSR count). The highest BCUT2D eigenvalue weighted by Crippen LogP contribution is 2.34. The lowest BCUT2D eigenvalue weighted by molar-refractivity contribution is 0.311. The van der Waals surface area contributed by atoms with Crippen molar-refractivity contribution in [1.29, 1.82) is 0 Å². The van der Waals surface area contributed by atoms with Gasteiger partial charge >= 0.3 is 0 Å². The molecule has 0 saturated heterocycles. The van der Waals surface area contributed by atoms with Crippen molar-refractivity contribution in [3.05, 3.63) is 65.2 Å². The van der Waals surface area contributed by atoms with Crippen molar-refractivity contribution in [3.8, 4) is 22.1 Å². The van der Waals surface area contributed by atoms with Crippen LogP contribution >= 0.6 is 23.1 Å². The Kier molecular flexibility index (Phi) is 6.60. The van der Waals surface area contributed by atoms with Gasteiger partial charge in [0, 0.05) is 16.7 Å². The largest absolute Gasteiger partial charge is 0.493 e. The molecule has 2 heterocycles. The third-order valence-corrected chi connectivity index (χ3v) is 6.22. The van der Waals surface area contributed by atoms with Crippen LogP contribution in [0.15, 0.2) is 59.1 Å². The summed E-state index contributed by atoms with van der Waals surface area (Å²) in [7, 11) is 1.64. The highest BCUT2D eigenvalue weighted by atomic mass is 32.2. The summed E-state index contributed by atoms with van der Waals surface area (Å²) in [5, 5.41) is 15.9. The van der Waals surface area contributed by atoms with Crippen LogP contribution in [0.3, 0.4) is 0 Å². The third-order valence-electron chi connectivity index (χ3n) is 4.29. The summed E-state index contributed by atoms with van der Waals surface area (Å²) in [6.07, 6.45) is 0. The standard InChI is InChI=1S/C21H21N5O2S2/c1-3-28-18-10-9-16(11-19(18)27-2)20-22-17(13-29-20)14-30-21-23-24-25-26(21)12-15-7-5-4-6-8-15/h4-11,13H,3,12,14H2,1-2H3. The Bertz CT molecular complexity index is 1100. The first-order valence-electron chi connectivity index (χ1n) is 9.45. The first-order chi connectivity index (χ1) is 14.8. The number of benzene rings is 2. The molecule has 9 heteroatoms. The monoisotopic (exact) mass is 439 g/mol. The van der Waals surface area contributed by atoms with Gasteiger partial charge < -0.3 is 9.47 Å². The summed E-state index contributed by atoms with van der Waals surface area (Å²) in [4.78, 5) is 4.77. The summed E-state index contributed by atoms with van der Waals surface area (Å²) >= 11 is 3.18. The van der Waals surface area contributed by atoms with Gasteiger partial charge in [0.2, 0.25) is 5.16 Å². The van der Waals surface area contributed by atoms with Crippen molar-refractivity contribution < 1.29 is 9.47 Å². The van der Waals surface area contributed by atoms with Crippen LogP contribution in [0, 0.1) is 0 Å². The highest BCUT2D eigenvalue weighted by Gasteiger charge is 2.12. The molecule has 0 amide bonds. The Morgan fingerprint density at radius 2 is 1.97 bits per heavy atom. The molecule has 7 nitrogen and oxygen atoms in total. The molecule has 0 unspecified atom stereocenters. The summed E-state index contributed by atoms with van der Waals surface area (Å²) in [5.41, 5.74) is 3.15. The van der Waals surface area contributed by atoms with Crippen LogP contribution in [0.4, 0.5) is 0 Å². The zero-order valence-corrected chi connectivity index (χ0v) is 18.3. The van der Waals surface area contributed by atoms with E-state index in [-0.39, 0.29) is 0 Å². The van der Waals surface area contributed by atoms with Crippen LogP contribution in [0.5, 0.6) is 11.5 Å². The fraction of sp³-hybridized carbons (Fsp3) is 0.238. The van der Waals surface area contributed by atoms with Gasteiger partial charge in [0.25, 0.3) is 0 Å². The summed E-state index contributed by atoms with van der Waals surface area (Å²) in [6, 6.07) is 16.0. The van der Waals surface area contributed by atoms with Gasteiger partial charge in [0.1, 0.15) is 5.01 Å². The summed E-state index contributed by atoms with van der Waals surface area (Å²) < 4.78 is 12.8. The smallest absolute Gasteiger partial charge is 0.210 e. The Labute approximate surface area is 183 Å². The molecule has 0 bridgehead atoms. The van der Waals surface area contributed by atoms with Crippen molar-refractivity contribution in [1.82, 2.24) is 25.2 Å².